The topological polar surface area (TPSA) is 72.3 Å². The SMILES string of the molecule is C=C(NOC)c1cccc(-n2cnc3c(sc4nccc(N(C)C)c43)c2=O)c1. The van der Waals surface area contributed by atoms with Crippen molar-refractivity contribution in [3.63, 3.8) is 0 Å². The molecule has 1 aromatic carbocycles. The van der Waals surface area contributed by atoms with Crippen LogP contribution in [0.1, 0.15) is 5.56 Å². The number of rotatable bonds is 5. The number of anilines is 1. The highest BCUT2D eigenvalue weighted by atomic mass is 32.1. The number of pyridine rings is 1. The highest BCUT2D eigenvalue weighted by Gasteiger charge is 2.17. The van der Waals surface area contributed by atoms with Crippen LogP contribution in [0.4, 0.5) is 5.69 Å². The van der Waals surface area contributed by atoms with E-state index in [0.717, 1.165) is 21.5 Å². The molecule has 0 saturated heterocycles. The summed E-state index contributed by atoms with van der Waals surface area (Å²) in [5, 5.41) is 0.906. The highest BCUT2D eigenvalue weighted by molar-refractivity contribution is 7.25. The molecule has 0 aliphatic rings. The lowest BCUT2D eigenvalue weighted by Gasteiger charge is -2.13. The normalized spacial score (nSPS) is 11.1. The van der Waals surface area contributed by atoms with Crippen molar-refractivity contribution < 1.29 is 4.84 Å². The van der Waals surface area contributed by atoms with Gasteiger partial charge in [-0.3, -0.25) is 19.7 Å². The molecule has 4 aromatic rings. The fraction of sp³-hybridized carbons (Fsp3) is 0.150. The van der Waals surface area contributed by atoms with Crippen molar-refractivity contribution in [1.29, 1.82) is 0 Å². The Morgan fingerprint density at radius 1 is 1.29 bits per heavy atom. The molecule has 0 unspecified atom stereocenters. The van der Waals surface area contributed by atoms with Crippen LogP contribution in [0.15, 0.2) is 54.2 Å². The Hall–Kier alpha value is -3.23. The molecule has 0 fully saturated rings. The van der Waals surface area contributed by atoms with Gasteiger partial charge in [0.2, 0.25) is 0 Å². The average Bonchev–Trinajstić information content (AvgIpc) is 3.08. The third-order valence-electron chi connectivity index (χ3n) is 4.44. The molecule has 28 heavy (non-hydrogen) atoms. The van der Waals surface area contributed by atoms with Crippen molar-refractivity contribution in [3.05, 3.63) is 65.4 Å². The van der Waals surface area contributed by atoms with Gasteiger partial charge in [-0.2, -0.15) is 0 Å². The van der Waals surface area contributed by atoms with Crippen LogP contribution in [0.3, 0.4) is 0 Å². The molecule has 7 nitrogen and oxygen atoms in total. The van der Waals surface area contributed by atoms with Crippen LogP contribution in [0.2, 0.25) is 0 Å². The molecule has 0 aliphatic heterocycles. The zero-order valence-corrected chi connectivity index (χ0v) is 16.6. The van der Waals surface area contributed by atoms with Crippen molar-refractivity contribution >= 4 is 43.2 Å². The number of hydroxylamine groups is 1. The second kappa shape index (κ2) is 7.06. The van der Waals surface area contributed by atoms with Crippen LogP contribution in [-0.4, -0.2) is 35.7 Å². The summed E-state index contributed by atoms with van der Waals surface area (Å²) in [6.07, 6.45) is 3.32. The molecule has 142 valence electrons. The lowest BCUT2D eigenvalue weighted by molar-refractivity contribution is 0.137. The molecule has 1 N–H and O–H groups in total. The average molecular weight is 393 g/mol. The van der Waals surface area contributed by atoms with Crippen molar-refractivity contribution in [2.45, 2.75) is 0 Å². The predicted molar refractivity (Wildman–Crippen MR) is 114 cm³/mol. The molecule has 4 rings (SSSR count). The Bertz CT molecular complexity index is 1260. The van der Waals surface area contributed by atoms with Gasteiger partial charge in [-0.05, 0) is 18.2 Å². The van der Waals surface area contributed by atoms with Crippen molar-refractivity contribution in [2.75, 3.05) is 26.1 Å². The minimum Gasteiger partial charge on any atom is -0.377 e. The van der Waals surface area contributed by atoms with Crippen molar-refractivity contribution in [2.24, 2.45) is 0 Å². The minimum absolute atomic E-state index is 0.125. The first kappa shape index (κ1) is 18.1. The fourth-order valence-corrected chi connectivity index (χ4v) is 4.17. The van der Waals surface area contributed by atoms with E-state index in [1.165, 1.54) is 23.0 Å². The second-order valence-electron chi connectivity index (χ2n) is 6.44. The Morgan fingerprint density at radius 3 is 2.86 bits per heavy atom. The summed E-state index contributed by atoms with van der Waals surface area (Å²) in [5.41, 5.74) is 6.38. The van der Waals surface area contributed by atoms with Crippen LogP contribution in [-0.2, 0) is 4.84 Å². The number of thiophene rings is 1. The maximum absolute atomic E-state index is 13.2. The van der Waals surface area contributed by atoms with Crippen LogP contribution >= 0.6 is 11.3 Å². The maximum atomic E-state index is 13.2. The highest BCUT2D eigenvalue weighted by Crippen LogP contribution is 2.35. The molecule has 0 atom stereocenters. The molecule has 0 saturated carbocycles. The van der Waals surface area contributed by atoms with Gasteiger partial charge < -0.3 is 4.90 Å². The first-order chi connectivity index (χ1) is 13.5. The van der Waals surface area contributed by atoms with E-state index in [2.05, 4.69) is 22.0 Å². The molecular weight excluding hydrogens is 374 g/mol. The van der Waals surface area contributed by atoms with Crippen LogP contribution in [0, 0.1) is 0 Å². The van der Waals surface area contributed by atoms with Gasteiger partial charge in [0.05, 0.1) is 35.1 Å². The van der Waals surface area contributed by atoms with E-state index in [0.29, 0.717) is 21.6 Å². The number of hydrogen-bond acceptors (Lipinski definition) is 7. The molecule has 3 heterocycles. The number of benzene rings is 1. The van der Waals surface area contributed by atoms with E-state index in [1.54, 1.807) is 12.5 Å². The standard InChI is InChI=1S/C20H19N5O2S/c1-12(23-27-4)13-6-5-7-14(10-13)25-11-22-17-16-15(24(2)3)8-9-21-19(16)28-18(17)20(25)26/h5-11,23H,1H2,2-4H3. The number of nitrogens with zero attached hydrogens (tertiary/aromatic N) is 4. The summed E-state index contributed by atoms with van der Waals surface area (Å²) in [7, 11) is 5.45. The lowest BCUT2D eigenvalue weighted by Crippen LogP contribution is -2.18. The molecule has 0 radical (unpaired) electrons. The molecule has 0 amide bonds. The molecule has 8 heteroatoms. The summed E-state index contributed by atoms with van der Waals surface area (Å²) in [6.45, 7) is 3.93. The summed E-state index contributed by atoms with van der Waals surface area (Å²) in [4.78, 5) is 30.0. The zero-order chi connectivity index (χ0) is 19.8. The Morgan fingerprint density at radius 2 is 2.11 bits per heavy atom. The molecule has 0 aliphatic carbocycles. The van der Waals surface area contributed by atoms with Gasteiger partial charge in [0.25, 0.3) is 5.56 Å². The number of hydrogen-bond donors (Lipinski definition) is 1. The number of aromatic nitrogens is 3. The largest absolute Gasteiger partial charge is 0.377 e. The summed E-state index contributed by atoms with van der Waals surface area (Å²) >= 11 is 1.36. The third-order valence-corrected chi connectivity index (χ3v) is 5.51. The van der Waals surface area contributed by atoms with Gasteiger partial charge in [-0.1, -0.05) is 18.7 Å². The maximum Gasteiger partial charge on any atom is 0.275 e. The summed E-state index contributed by atoms with van der Waals surface area (Å²) in [6, 6.07) is 9.40. The van der Waals surface area contributed by atoms with E-state index >= 15 is 0 Å². The van der Waals surface area contributed by atoms with Crippen LogP contribution in [0.25, 0.3) is 31.8 Å². The van der Waals surface area contributed by atoms with E-state index < -0.39 is 0 Å². The third kappa shape index (κ3) is 2.92. The predicted octanol–water partition coefficient (Wildman–Crippen LogP) is 3.18. The zero-order valence-electron chi connectivity index (χ0n) is 15.8. The molecule has 0 bridgehead atoms. The van der Waals surface area contributed by atoms with E-state index in [9.17, 15) is 4.79 Å². The Labute approximate surface area is 165 Å². The van der Waals surface area contributed by atoms with Gasteiger partial charge in [-0.15, -0.1) is 11.3 Å². The minimum atomic E-state index is -0.125. The van der Waals surface area contributed by atoms with Gasteiger partial charge >= 0.3 is 0 Å². The van der Waals surface area contributed by atoms with Gasteiger partial charge in [0.1, 0.15) is 15.9 Å². The smallest absolute Gasteiger partial charge is 0.275 e. The number of fused-ring (bicyclic) bond motifs is 3. The summed E-state index contributed by atoms with van der Waals surface area (Å²) in [5.74, 6) is 0. The molecule has 0 spiro atoms. The summed E-state index contributed by atoms with van der Waals surface area (Å²) < 4.78 is 2.12. The number of nitrogens with one attached hydrogen (secondary N) is 1. The quantitative estimate of drug-likeness (QED) is 0.525. The van der Waals surface area contributed by atoms with Gasteiger partial charge in [0, 0.05) is 25.9 Å². The Kier molecular flexibility index (Phi) is 4.58. The monoisotopic (exact) mass is 393 g/mol. The van der Waals surface area contributed by atoms with Crippen LogP contribution < -0.4 is 15.9 Å². The van der Waals surface area contributed by atoms with E-state index in [-0.39, 0.29) is 5.56 Å². The van der Waals surface area contributed by atoms with Crippen molar-refractivity contribution in [1.82, 2.24) is 20.0 Å². The molecular formula is C20H19N5O2S. The lowest BCUT2D eigenvalue weighted by atomic mass is 10.1. The van der Waals surface area contributed by atoms with E-state index in [1.807, 2.05) is 49.3 Å². The molecule has 3 aromatic heterocycles. The van der Waals surface area contributed by atoms with Gasteiger partial charge in [-0.25, -0.2) is 9.97 Å². The van der Waals surface area contributed by atoms with E-state index in [4.69, 9.17) is 4.84 Å². The van der Waals surface area contributed by atoms with Crippen LogP contribution in [0.5, 0.6) is 0 Å². The van der Waals surface area contributed by atoms with Crippen molar-refractivity contribution in [3.8, 4) is 5.69 Å². The second-order valence-corrected chi connectivity index (χ2v) is 7.44. The first-order valence-electron chi connectivity index (χ1n) is 8.56. The van der Waals surface area contributed by atoms with Gasteiger partial charge in [0.15, 0.2) is 0 Å². The fourth-order valence-electron chi connectivity index (χ4n) is 3.12. The Balaban J connectivity index is 1.91. The first-order valence-corrected chi connectivity index (χ1v) is 9.38.